The Morgan fingerprint density at radius 2 is 2.32 bits per heavy atom. The Hall–Kier alpha value is -2.21. The summed E-state index contributed by atoms with van der Waals surface area (Å²) in [5, 5.41) is 16.4. The first kappa shape index (κ1) is 14.7. The van der Waals surface area contributed by atoms with Crippen molar-refractivity contribution < 1.29 is 9.90 Å². The van der Waals surface area contributed by atoms with Gasteiger partial charge in [-0.15, -0.1) is 0 Å². The van der Waals surface area contributed by atoms with Crippen LogP contribution in [-0.2, 0) is 0 Å². The Kier molecular flexibility index (Phi) is 4.20. The van der Waals surface area contributed by atoms with E-state index in [1.807, 2.05) is 25.1 Å². The second-order valence-corrected chi connectivity index (χ2v) is 5.67. The minimum absolute atomic E-state index is 0.0510. The van der Waals surface area contributed by atoms with Gasteiger partial charge in [0.25, 0.3) is 5.91 Å². The molecule has 2 heterocycles. The quantitative estimate of drug-likeness (QED) is 0.846. The minimum atomic E-state index is -0.134. The third-order valence-electron chi connectivity index (χ3n) is 4.07. The molecule has 0 aromatic carbocycles. The molecule has 6 nitrogen and oxygen atoms in total. The van der Waals surface area contributed by atoms with Crippen molar-refractivity contribution in [3.8, 4) is 5.82 Å². The number of pyridine rings is 1. The van der Waals surface area contributed by atoms with Crippen molar-refractivity contribution in [1.29, 1.82) is 0 Å². The summed E-state index contributed by atoms with van der Waals surface area (Å²) in [5.74, 6) is 1.06. The van der Waals surface area contributed by atoms with Crippen LogP contribution in [0.1, 0.15) is 35.3 Å². The molecule has 0 saturated heterocycles. The third-order valence-corrected chi connectivity index (χ3v) is 4.07. The average molecular weight is 300 g/mol. The molecule has 1 aliphatic carbocycles. The number of carbonyl (C=O) groups excluding carboxylic acids is 1. The first-order valence-corrected chi connectivity index (χ1v) is 7.58. The third kappa shape index (κ3) is 3.01. The maximum absolute atomic E-state index is 12.5. The molecule has 3 rings (SSSR count). The first-order chi connectivity index (χ1) is 10.7. The molecule has 116 valence electrons. The van der Waals surface area contributed by atoms with Gasteiger partial charge in [0.15, 0.2) is 5.82 Å². The smallest absolute Gasteiger partial charge is 0.254 e. The SMILES string of the molecule is Cc1c(C(=O)NC(CCO)C2CC2)cnn1-c1ccccn1. The molecule has 2 aromatic heterocycles. The van der Waals surface area contributed by atoms with E-state index in [2.05, 4.69) is 15.4 Å². The van der Waals surface area contributed by atoms with Crippen molar-refractivity contribution in [3.05, 3.63) is 41.9 Å². The topological polar surface area (TPSA) is 80.0 Å². The Labute approximate surface area is 129 Å². The van der Waals surface area contributed by atoms with Gasteiger partial charge in [0.2, 0.25) is 0 Å². The van der Waals surface area contributed by atoms with Gasteiger partial charge in [0, 0.05) is 18.8 Å². The van der Waals surface area contributed by atoms with Crippen LogP contribution in [0.15, 0.2) is 30.6 Å². The number of nitrogens with one attached hydrogen (secondary N) is 1. The van der Waals surface area contributed by atoms with Crippen LogP contribution in [0.5, 0.6) is 0 Å². The molecule has 0 radical (unpaired) electrons. The second kappa shape index (κ2) is 6.27. The first-order valence-electron chi connectivity index (χ1n) is 7.58. The number of hydrogen-bond donors (Lipinski definition) is 2. The summed E-state index contributed by atoms with van der Waals surface area (Å²) in [6, 6.07) is 5.62. The molecule has 22 heavy (non-hydrogen) atoms. The van der Waals surface area contributed by atoms with Gasteiger partial charge in [-0.25, -0.2) is 9.67 Å². The second-order valence-electron chi connectivity index (χ2n) is 5.67. The molecule has 1 amide bonds. The van der Waals surface area contributed by atoms with Crippen LogP contribution in [0.3, 0.4) is 0 Å². The summed E-state index contributed by atoms with van der Waals surface area (Å²) in [5.41, 5.74) is 1.31. The lowest BCUT2D eigenvalue weighted by Crippen LogP contribution is -2.37. The van der Waals surface area contributed by atoms with Gasteiger partial charge >= 0.3 is 0 Å². The van der Waals surface area contributed by atoms with Crippen molar-refractivity contribution in [2.45, 2.75) is 32.2 Å². The van der Waals surface area contributed by atoms with Crippen LogP contribution in [0.4, 0.5) is 0 Å². The van der Waals surface area contributed by atoms with Crippen molar-refractivity contribution in [2.75, 3.05) is 6.61 Å². The van der Waals surface area contributed by atoms with E-state index in [9.17, 15) is 4.79 Å². The van der Waals surface area contributed by atoms with Crippen molar-refractivity contribution in [3.63, 3.8) is 0 Å². The maximum atomic E-state index is 12.5. The molecule has 0 bridgehead atoms. The van der Waals surface area contributed by atoms with Crippen LogP contribution >= 0.6 is 0 Å². The molecule has 0 aliphatic heterocycles. The maximum Gasteiger partial charge on any atom is 0.254 e. The molecule has 1 saturated carbocycles. The molecule has 1 atom stereocenters. The Morgan fingerprint density at radius 1 is 1.50 bits per heavy atom. The fourth-order valence-electron chi connectivity index (χ4n) is 2.65. The zero-order valence-electron chi connectivity index (χ0n) is 12.6. The summed E-state index contributed by atoms with van der Waals surface area (Å²) in [7, 11) is 0. The molecular formula is C16H20N4O2. The average Bonchev–Trinajstić information content (AvgIpc) is 3.30. The summed E-state index contributed by atoms with van der Waals surface area (Å²) in [6.45, 7) is 1.95. The lowest BCUT2D eigenvalue weighted by Gasteiger charge is -2.16. The summed E-state index contributed by atoms with van der Waals surface area (Å²) >= 11 is 0. The standard InChI is InChI=1S/C16H20N4O2/c1-11-13(10-18-20(11)15-4-2-3-8-17-15)16(22)19-14(7-9-21)12-5-6-12/h2-4,8,10,12,14,21H,5-7,9H2,1H3,(H,19,22). The van der Waals surface area contributed by atoms with Gasteiger partial charge in [0.1, 0.15) is 0 Å². The molecule has 0 spiro atoms. The predicted octanol–water partition coefficient (Wildman–Crippen LogP) is 1.47. The molecule has 6 heteroatoms. The van der Waals surface area contributed by atoms with E-state index < -0.39 is 0 Å². The van der Waals surface area contributed by atoms with Crippen LogP contribution in [0, 0.1) is 12.8 Å². The fraction of sp³-hybridized carbons (Fsp3) is 0.438. The highest BCUT2D eigenvalue weighted by Crippen LogP contribution is 2.34. The Balaban J connectivity index is 1.77. The number of aliphatic hydroxyl groups is 1. The van der Waals surface area contributed by atoms with E-state index in [1.54, 1.807) is 17.1 Å². The Bertz CT molecular complexity index is 649. The van der Waals surface area contributed by atoms with Gasteiger partial charge in [0.05, 0.1) is 17.5 Å². The summed E-state index contributed by atoms with van der Waals surface area (Å²) in [4.78, 5) is 16.7. The molecule has 2 aromatic rings. The lowest BCUT2D eigenvalue weighted by atomic mass is 10.1. The van der Waals surface area contributed by atoms with E-state index in [0.29, 0.717) is 23.7 Å². The number of carbonyl (C=O) groups is 1. The van der Waals surface area contributed by atoms with Gasteiger partial charge < -0.3 is 10.4 Å². The van der Waals surface area contributed by atoms with Crippen LogP contribution in [0.2, 0.25) is 0 Å². The minimum Gasteiger partial charge on any atom is -0.396 e. The van der Waals surface area contributed by atoms with E-state index in [0.717, 1.165) is 18.5 Å². The van der Waals surface area contributed by atoms with Crippen LogP contribution in [-0.4, -0.2) is 38.4 Å². The number of hydrogen-bond acceptors (Lipinski definition) is 4. The van der Waals surface area contributed by atoms with Gasteiger partial charge in [-0.1, -0.05) is 6.07 Å². The van der Waals surface area contributed by atoms with E-state index in [-0.39, 0.29) is 18.6 Å². The van der Waals surface area contributed by atoms with Crippen molar-refractivity contribution in [1.82, 2.24) is 20.1 Å². The van der Waals surface area contributed by atoms with Crippen molar-refractivity contribution >= 4 is 5.91 Å². The van der Waals surface area contributed by atoms with Crippen molar-refractivity contribution in [2.24, 2.45) is 5.92 Å². The van der Waals surface area contributed by atoms with E-state index in [4.69, 9.17) is 5.11 Å². The highest BCUT2D eigenvalue weighted by atomic mass is 16.3. The highest BCUT2D eigenvalue weighted by molar-refractivity contribution is 5.95. The zero-order valence-corrected chi connectivity index (χ0v) is 12.6. The van der Waals surface area contributed by atoms with E-state index >= 15 is 0 Å². The zero-order chi connectivity index (χ0) is 15.5. The predicted molar refractivity (Wildman–Crippen MR) is 81.8 cm³/mol. The van der Waals surface area contributed by atoms with Gasteiger partial charge in [-0.3, -0.25) is 4.79 Å². The van der Waals surface area contributed by atoms with E-state index in [1.165, 1.54) is 0 Å². The monoisotopic (exact) mass is 300 g/mol. The highest BCUT2D eigenvalue weighted by Gasteiger charge is 2.32. The molecular weight excluding hydrogens is 280 g/mol. The summed E-state index contributed by atoms with van der Waals surface area (Å²) < 4.78 is 1.66. The fourth-order valence-corrected chi connectivity index (χ4v) is 2.65. The van der Waals surface area contributed by atoms with Crippen LogP contribution in [0.25, 0.3) is 5.82 Å². The molecule has 1 unspecified atom stereocenters. The largest absolute Gasteiger partial charge is 0.396 e. The number of nitrogens with zero attached hydrogens (tertiary/aromatic N) is 3. The van der Waals surface area contributed by atoms with Gasteiger partial charge in [-0.2, -0.15) is 5.10 Å². The number of rotatable bonds is 6. The van der Waals surface area contributed by atoms with Gasteiger partial charge in [-0.05, 0) is 44.2 Å². The molecule has 2 N–H and O–H groups in total. The number of aliphatic hydroxyl groups excluding tert-OH is 1. The lowest BCUT2D eigenvalue weighted by molar-refractivity contribution is 0.0923. The summed E-state index contributed by atoms with van der Waals surface area (Å²) in [6.07, 6.45) is 6.11. The molecule has 1 aliphatic rings. The molecule has 1 fully saturated rings. The van der Waals surface area contributed by atoms with Crippen LogP contribution < -0.4 is 5.32 Å². The Morgan fingerprint density at radius 3 is 2.95 bits per heavy atom. The normalized spacial score (nSPS) is 15.5. The number of amides is 1. The number of aromatic nitrogens is 3.